The van der Waals surface area contributed by atoms with Gasteiger partial charge in [0.1, 0.15) is 0 Å². The van der Waals surface area contributed by atoms with Crippen LogP contribution in [0.15, 0.2) is 4.52 Å². The van der Waals surface area contributed by atoms with Crippen LogP contribution in [0.2, 0.25) is 0 Å². The molecule has 0 N–H and O–H groups in total. The van der Waals surface area contributed by atoms with E-state index < -0.39 is 0 Å². The molecule has 1 saturated carbocycles. The van der Waals surface area contributed by atoms with Crippen LogP contribution in [0.1, 0.15) is 62.6 Å². The molecule has 7 nitrogen and oxygen atoms in total. The third kappa shape index (κ3) is 5.08. The summed E-state index contributed by atoms with van der Waals surface area (Å²) in [4.78, 5) is 18.7. The molecule has 3 fully saturated rings. The summed E-state index contributed by atoms with van der Waals surface area (Å²) in [5.74, 6) is 3.07. The Morgan fingerprint density at radius 2 is 1.89 bits per heavy atom. The topological polar surface area (TPSA) is 77.7 Å². The van der Waals surface area contributed by atoms with E-state index in [1.54, 1.807) is 0 Å². The van der Waals surface area contributed by atoms with Gasteiger partial charge in [0.15, 0.2) is 5.82 Å². The summed E-state index contributed by atoms with van der Waals surface area (Å²) in [5.41, 5.74) is 0. The van der Waals surface area contributed by atoms with Gasteiger partial charge < -0.3 is 18.9 Å². The molecule has 1 amide bonds. The first-order valence-corrected chi connectivity index (χ1v) is 10.5. The highest BCUT2D eigenvalue weighted by Crippen LogP contribution is 2.31. The molecule has 1 aliphatic carbocycles. The van der Waals surface area contributed by atoms with Crippen LogP contribution >= 0.6 is 0 Å². The summed E-state index contributed by atoms with van der Waals surface area (Å²) in [6.07, 6.45) is 8.55. The van der Waals surface area contributed by atoms with Crippen molar-refractivity contribution in [1.82, 2.24) is 15.0 Å². The van der Waals surface area contributed by atoms with Gasteiger partial charge in [-0.3, -0.25) is 4.79 Å². The molecule has 7 heteroatoms. The lowest BCUT2D eigenvalue weighted by atomic mass is 9.97. The number of nitrogens with zero attached hydrogens (tertiary/aromatic N) is 3. The van der Waals surface area contributed by atoms with Crippen LogP contribution in [0, 0.1) is 11.8 Å². The Bertz CT molecular complexity index is 602. The molecule has 0 bridgehead atoms. The SMILES string of the molecule is O=C(CC1CCCC1)N1CC(c2nc(CCOCC3CCOCC3)no2)C1. The molecule has 0 atom stereocenters. The molecular weight excluding hydrogens is 346 g/mol. The molecule has 0 spiro atoms. The Morgan fingerprint density at radius 3 is 2.67 bits per heavy atom. The van der Waals surface area contributed by atoms with E-state index in [-0.39, 0.29) is 5.92 Å². The summed E-state index contributed by atoms with van der Waals surface area (Å²) in [6, 6.07) is 0. The predicted octanol–water partition coefficient (Wildman–Crippen LogP) is 2.56. The number of aromatic nitrogens is 2. The summed E-state index contributed by atoms with van der Waals surface area (Å²) in [7, 11) is 0. The fraction of sp³-hybridized carbons (Fsp3) is 0.850. The number of rotatable bonds is 8. The van der Waals surface area contributed by atoms with Crippen LogP contribution in [-0.4, -0.2) is 60.5 Å². The molecule has 0 aromatic carbocycles. The van der Waals surface area contributed by atoms with Gasteiger partial charge in [-0.15, -0.1) is 0 Å². The minimum absolute atomic E-state index is 0.196. The molecule has 1 aromatic rings. The largest absolute Gasteiger partial charge is 0.381 e. The average molecular weight is 377 g/mol. The van der Waals surface area contributed by atoms with Crippen LogP contribution in [0.5, 0.6) is 0 Å². The Hall–Kier alpha value is -1.47. The normalized spacial score (nSPS) is 22.3. The highest BCUT2D eigenvalue weighted by molar-refractivity contribution is 5.77. The van der Waals surface area contributed by atoms with E-state index in [4.69, 9.17) is 14.0 Å². The van der Waals surface area contributed by atoms with Crippen molar-refractivity contribution in [3.63, 3.8) is 0 Å². The van der Waals surface area contributed by atoms with E-state index in [1.165, 1.54) is 25.7 Å². The Balaban J connectivity index is 1.13. The fourth-order valence-corrected chi connectivity index (χ4v) is 4.29. The van der Waals surface area contributed by atoms with Crippen LogP contribution in [0.25, 0.3) is 0 Å². The number of ether oxygens (including phenoxy) is 2. The van der Waals surface area contributed by atoms with Crippen LogP contribution in [0.3, 0.4) is 0 Å². The van der Waals surface area contributed by atoms with Gasteiger partial charge in [-0.1, -0.05) is 18.0 Å². The number of hydrogen-bond donors (Lipinski definition) is 0. The Kier molecular flexibility index (Phi) is 6.39. The van der Waals surface area contributed by atoms with E-state index >= 15 is 0 Å². The monoisotopic (exact) mass is 377 g/mol. The first-order chi connectivity index (χ1) is 13.3. The molecule has 2 aliphatic heterocycles. The van der Waals surface area contributed by atoms with Crippen molar-refractivity contribution < 1.29 is 18.8 Å². The predicted molar refractivity (Wildman–Crippen MR) is 98.3 cm³/mol. The third-order valence-electron chi connectivity index (χ3n) is 6.17. The van der Waals surface area contributed by atoms with Gasteiger partial charge in [-0.25, -0.2) is 0 Å². The quantitative estimate of drug-likeness (QED) is 0.648. The zero-order valence-corrected chi connectivity index (χ0v) is 16.1. The number of carbonyl (C=O) groups excluding carboxylic acids is 1. The molecule has 0 unspecified atom stereocenters. The molecule has 150 valence electrons. The maximum atomic E-state index is 12.3. The van der Waals surface area contributed by atoms with Crippen molar-refractivity contribution >= 4 is 5.91 Å². The molecule has 27 heavy (non-hydrogen) atoms. The third-order valence-corrected chi connectivity index (χ3v) is 6.17. The zero-order valence-electron chi connectivity index (χ0n) is 16.1. The highest BCUT2D eigenvalue weighted by Gasteiger charge is 2.36. The lowest BCUT2D eigenvalue weighted by Gasteiger charge is -2.37. The molecule has 0 radical (unpaired) electrons. The van der Waals surface area contributed by atoms with Gasteiger partial charge >= 0.3 is 0 Å². The second-order valence-corrected chi connectivity index (χ2v) is 8.28. The smallest absolute Gasteiger partial charge is 0.233 e. The number of likely N-dealkylation sites (tertiary alicyclic amines) is 1. The molecular formula is C20H31N3O4. The molecule has 3 heterocycles. The maximum Gasteiger partial charge on any atom is 0.233 e. The van der Waals surface area contributed by atoms with Crippen LogP contribution in [-0.2, 0) is 20.7 Å². The highest BCUT2D eigenvalue weighted by atomic mass is 16.5. The molecule has 3 aliphatic rings. The maximum absolute atomic E-state index is 12.3. The van der Waals surface area contributed by atoms with Gasteiger partial charge in [0.05, 0.1) is 12.5 Å². The number of amides is 1. The van der Waals surface area contributed by atoms with E-state index in [2.05, 4.69) is 10.1 Å². The summed E-state index contributed by atoms with van der Waals surface area (Å²) >= 11 is 0. The first kappa shape index (κ1) is 18.9. The molecule has 2 saturated heterocycles. The van der Waals surface area contributed by atoms with E-state index in [1.807, 2.05) is 4.90 Å². The summed E-state index contributed by atoms with van der Waals surface area (Å²) in [6.45, 7) is 4.54. The molecule has 4 rings (SSSR count). The minimum atomic E-state index is 0.196. The number of hydrogen-bond acceptors (Lipinski definition) is 6. The minimum Gasteiger partial charge on any atom is -0.381 e. The van der Waals surface area contributed by atoms with Gasteiger partial charge in [0.2, 0.25) is 11.8 Å². The van der Waals surface area contributed by atoms with Crippen molar-refractivity contribution in [1.29, 1.82) is 0 Å². The zero-order chi connectivity index (χ0) is 18.5. The van der Waals surface area contributed by atoms with Crippen molar-refractivity contribution in [3.8, 4) is 0 Å². The van der Waals surface area contributed by atoms with Crippen molar-refractivity contribution in [2.45, 2.75) is 57.3 Å². The van der Waals surface area contributed by atoms with Gasteiger partial charge in [0, 0.05) is 45.8 Å². The van der Waals surface area contributed by atoms with Crippen LogP contribution < -0.4 is 0 Å². The Morgan fingerprint density at radius 1 is 1.11 bits per heavy atom. The second-order valence-electron chi connectivity index (χ2n) is 8.28. The van der Waals surface area contributed by atoms with Gasteiger partial charge in [-0.05, 0) is 37.5 Å². The molecule has 1 aromatic heterocycles. The fourth-order valence-electron chi connectivity index (χ4n) is 4.29. The van der Waals surface area contributed by atoms with E-state index in [0.29, 0.717) is 62.0 Å². The Labute approximate surface area is 160 Å². The van der Waals surface area contributed by atoms with Crippen LogP contribution in [0.4, 0.5) is 0 Å². The summed E-state index contributed by atoms with van der Waals surface area (Å²) < 4.78 is 16.5. The standard InChI is InChI=1S/C20H31N3O4/c24-19(11-15-3-1-2-4-15)23-12-17(13-23)20-21-18(22-27-20)7-10-26-14-16-5-8-25-9-6-16/h15-17H,1-14H2. The van der Waals surface area contributed by atoms with E-state index in [0.717, 1.165) is 32.7 Å². The second kappa shape index (κ2) is 9.15. The van der Waals surface area contributed by atoms with Crippen molar-refractivity contribution in [3.05, 3.63) is 11.7 Å². The average Bonchev–Trinajstić information content (AvgIpc) is 3.31. The van der Waals surface area contributed by atoms with Gasteiger partial charge in [0.25, 0.3) is 0 Å². The van der Waals surface area contributed by atoms with Crippen molar-refractivity contribution in [2.75, 3.05) is 39.5 Å². The lowest BCUT2D eigenvalue weighted by Crippen LogP contribution is -2.48. The summed E-state index contributed by atoms with van der Waals surface area (Å²) in [5, 5.41) is 4.07. The van der Waals surface area contributed by atoms with Crippen molar-refractivity contribution in [2.24, 2.45) is 11.8 Å². The number of carbonyl (C=O) groups is 1. The first-order valence-electron chi connectivity index (χ1n) is 10.5. The van der Waals surface area contributed by atoms with E-state index in [9.17, 15) is 4.79 Å². The van der Waals surface area contributed by atoms with Gasteiger partial charge in [-0.2, -0.15) is 4.98 Å². The lowest BCUT2D eigenvalue weighted by molar-refractivity contribution is -0.137.